The number of aryl methyl sites for hydroxylation is 2. The van der Waals surface area contributed by atoms with E-state index in [0.29, 0.717) is 17.5 Å². The van der Waals surface area contributed by atoms with Crippen LogP contribution in [0.4, 0.5) is 17.6 Å². The van der Waals surface area contributed by atoms with E-state index < -0.39 is 28.8 Å². The molecule has 3 aromatic carbocycles. The smallest absolute Gasteiger partial charge is 0.143 e. The van der Waals surface area contributed by atoms with Crippen molar-refractivity contribution in [3.8, 4) is 23.7 Å². The minimum absolute atomic E-state index is 0.0362. The summed E-state index contributed by atoms with van der Waals surface area (Å²) in [6.07, 6.45) is 3.28. The largest absolute Gasteiger partial charge is 0.206 e. The zero-order chi connectivity index (χ0) is 23.1. The molecule has 4 heteroatoms. The summed E-state index contributed by atoms with van der Waals surface area (Å²) in [5.41, 5.74) is 1.51. The first kappa shape index (κ1) is 23.2. The number of rotatable bonds is 4. The van der Waals surface area contributed by atoms with E-state index in [0.717, 1.165) is 31.4 Å². The molecule has 0 fully saturated rings. The molecule has 0 unspecified atom stereocenters. The van der Waals surface area contributed by atoms with Crippen LogP contribution in [0.25, 0.3) is 0 Å². The van der Waals surface area contributed by atoms with Gasteiger partial charge in [-0.1, -0.05) is 62.5 Å². The fraction of sp³-hybridized carbons (Fsp3) is 0.214. The predicted octanol–water partition coefficient (Wildman–Crippen LogP) is 6.95. The van der Waals surface area contributed by atoms with Crippen LogP contribution in [0.3, 0.4) is 0 Å². The van der Waals surface area contributed by atoms with Crippen LogP contribution in [0.1, 0.15) is 60.1 Å². The van der Waals surface area contributed by atoms with Crippen molar-refractivity contribution in [3.05, 3.63) is 105 Å². The molecule has 0 atom stereocenters. The summed E-state index contributed by atoms with van der Waals surface area (Å²) >= 11 is 0. The lowest BCUT2D eigenvalue weighted by atomic mass is 10.1. The summed E-state index contributed by atoms with van der Waals surface area (Å²) in [5, 5.41) is 0. The minimum Gasteiger partial charge on any atom is -0.206 e. The highest BCUT2D eigenvalue weighted by molar-refractivity contribution is 5.50. The third kappa shape index (κ3) is 5.80. The molecule has 0 N–H and O–H groups in total. The molecule has 0 aromatic heterocycles. The lowest BCUT2D eigenvalue weighted by molar-refractivity contribution is 0.573. The van der Waals surface area contributed by atoms with Crippen LogP contribution in [0.15, 0.2) is 48.5 Å². The molecule has 0 aliphatic rings. The summed E-state index contributed by atoms with van der Waals surface area (Å²) < 4.78 is 57.2. The maximum atomic E-state index is 14.4. The minimum atomic E-state index is -0.886. The molecule has 0 nitrogen and oxygen atoms in total. The Labute approximate surface area is 186 Å². The fourth-order valence-corrected chi connectivity index (χ4v) is 3.26. The molecule has 0 aliphatic carbocycles. The van der Waals surface area contributed by atoms with Gasteiger partial charge in [0.2, 0.25) is 0 Å². The van der Waals surface area contributed by atoms with Gasteiger partial charge in [0.05, 0.1) is 11.1 Å². The molecule has 0 aliphatic heterocycles. The third-order valence-corrected chi connectivity index (χ3v) is 4.84. The van der Waals surface area contributed by atoms with Crippen LogP contribution in [-0.4, -0.2) is 0 Å². The summed E-state index contributed by atoms with van der Waals surface area (Å²) in [5.74, 6) is 6.69. The maximum Gasteiger partial charge on any atom is 0.143 e. The normalized spacial score (nSPS) is 10.2. The van der Waals surface area contributed by atoms with Gasteiger partial charge in [-0.25, -0.2) is 17.6 Å². The molecular formula is C28H22F4. The summed E-state index contributed by atoms with van der Waals surface area (Å²) in [7, 11) is 0. The number of benzene rings is 3. The standard InChI is InChI=1S/C28H22F4/c1-3-5-19-7-9-20(10-8-19)11-13-23-27(31)17-22(18-28(23)32)12-14-24-25(29)15-21(6-4-2)16-26(24)30/h7-10,15-18H,3-6H2,1-2H3. The van der Waals surface area contributed by atoms with Crippen molar-refractivity contribution >= 4 is 0 Å². The molecule has 0 heterocycles. The van der Waals surface area contributed by atoms with Crippen molar-refractivity contribution < 1.29 is 17.6 Å². The molecular weight excluding hydrogens is 412 g/mol. The number of hydrogen-bond donors (Lipinski definition) is 0. The molecule has 3 aromatic rings. The van der Waals surface area contributed by atoms with E-state index in [1.807, 2.05) is 31.2 Å². The Morgan fingerprint density at radius 1 is 0.531 bits per heavy atom. The average molecular weight is 434 g/mol. The van der Waals surface area contributed by atoms with E-state index in [2.05, 4.69) is 30.6 Å². The SMILES string of the molecule is CCCc1ccc(C#Cc2c(F)cc(C#Cc3c(F)cc(CCC)cc3F)cc2F)cc1. The third-order valence-electron chi connectivity index (χ3n) is 4.84. The lowest BCUT2D eigenvalue weighted by Crippen LogP contribution is -1.95. The molecule has 0 bridgehead atoms. The molecule has 0 saturated carbocycles. The van der Waals surface area contributed by atoms with Gasteiger partial charge in [0.15, 0.2) is 0 Å². The monoisotopic (exact) mass is 434 g/mol. The van der Waals surface area contributed by atoms with Crippen LogP contribution >= 0.6 is 0 Å². The van der Waals surface area contributed by atoms with Crippen LogP contribution in [-0.2, 0) is 12.8 Å². The highest BCUT2D eigenvalue weighted by Crippen LogP contribution is 2.18. The first-order valence-corrected chi connectivity index (χ1v) is 10.5. The zero-order valence-electron chi connectivity index (χ0n) is 18.0. The second kappa shape index (κ2) is 10.7. The Bertz CT molecular complexity index is 1190. The van der Waals surface area contributed by atoms with Gasteiger partial charge in [-0.15, -0.1) is 0 Å². The van der Waals surface area contributed by atoms with Gasteiger partial charge >= 0.3 is 0 Å². The highest BCUT2D eigenvalue weighted by Gasteiger charge is 2.11. The topological polar surface area (TPSA) is 0 Å². The van der Waals surface area contributed by atoms with Crippen LogP contribution in [0.2, 0.25) is 0 Å². The fourth-order valence-electron chi connectivity index (χ4n) is 3.26. The molecule has 0 radical (unpaired) electrons. The quantitative estimate of drug-likeness (QED) is 0.308. The van der Waals surface area contributed by atoms with Gasteiger partial charge in [0.25, 0.3) is 0 Å². The second-order valence-electron chi connectivity index (χ2n) is 7.45. The van der Waals surface area contributed by atoms with E-state index in [9.17, 15) is 17.6 Å². The Balaban J connectivity index is 1.85. The molecule has 3 rings (SSSR count). The first-order valence-electron chi connectivity index (χ1n) is 10.5. The molecule has 0 saturated heterocycles. The number of hydrogen-bond acceptors (Lipinski definition) is 0. The van der Waals surface area contributed by atoms with Crippen molar-refractivity contribution in [2.75, 3.05) is 0 Å². The summed E-state index contributed by atoms with van der Waals surface area (Å²) in [4.78, 5) is 0. The van der Waals surface area contributed by atoms with Crippen LogP contribution in [0, 0.1) is 47.0 Å². The Morgan fingerprint density at radius 3 is 1.47 bits per heavy atom. The predicted molar refractivity (Wildman–Crippen MR) is 119 cm³/mol. The van der Waals surface area contributed by atoms with E-state index in [-0.39, 0.29) is 11.1 Å². The van der Waals surface area contributed by atoms with E-state index in [1.54, 1.807) is 0 Å². The van der Waals surface area contributed by atoms with Crippen molar-refractivity contribution in [3.63, 3.8) is 0 Å². The van der Waals surface area contributed by atoms with Gasteiger partial charge in [-0.2, -0.15) is 0 Å². The zero-order valence-corrected chi connectivity index (χ0v) is 18.0. The maximum absolute atomic E-state index is 14.4. The highest BCUT2D eigenvalue weighted by atomic mass is 19.1. The van der Waals surface area contributed by atoms with Gasteiger partial charge in [0.1, 0.15) is 23.3 Å². The van der Waals surface area contributed by atoms with Crippen LogP contribution in [0.5, 0.6) is 0 Å². The number of halogens is 4. The second-order valence-corrected chi connectivity index (χ2v) is 7.45. The molecule has 0 amide bonds. The van der Waals surface area contributed by atoms with Crippen molar-refractivity contribution in [1.82, 2.24) is 0 Å². The van der Waals surface area contributed by atoms with Gasteiger partial charge < -0.3 is 0 Å². The summed E-state index contributed by atoms with van der Waals surface area (Å²) in [6.45, 7) is 3.99. The first-order chi connectivity index (χ1) is 15.4. The Kier molecular flexibility index (Phi) is 7.74. The molecule has 0 spiro atoms. The van der Waals surface area contributed by atoms with Crippen LogP contribution < -0.4 is 0 Å². The van der Waals surface area contributed by atoms with Gasteiger partial charge in [0, 0.05) is 11.1 Å². The van der Waals surface area contributed by atoms with Crippen molar-refractivity contribution in [2.24, 2.45) is 0 Å². The summed E-state index contributed by atoms with van der Waals surface area (Å²) in [6, 6.07) is 12.0. The lowest BCUT2D eigenvalue weighted by Gasteiger charge is -2.03. The van der Waals surface area contributed by atoms with E-state index in [4.69, 9.17) is 0 Å². The van der Waals surface area contributed by atoms with Crippen molar-refractivity contribution in [1.29, 1.82) is 0 Å². The average Bonchev–Trinajstić information content (AvgIpc) is 2.74. The van der Waals surface area contributed by atoms with Crippen molar-refractivity contribution in [2.45, 2.75) is 39.5 Å². The van der Waals surface area contributed by atoms with Gasteiger partial charge in [-0.05, 0) is 60.4 Å². The van der Waals surface area contributed by atoms with E-state index >= 15 is 0 Å². The molecule has 32 heavy (non-hydrogen) atoms. The van der Waals surface area contributed by atoms with E-state index in [1.165, 1.54) is 17.7 Å². The van der Waals surface area contributed by atoms with Gasteiger partial charge in [-0.3, -0.25) is 0 Å². The Morgan fingerprint density at radius 2 is 0.969 bits per heavy atom. The molecule has 162 valence electrons. The Hall–Kier alpha value is -3.50.